The quantitative estimate of drug-likeness (QED) is 0.700. The van der Waals surface area contributed by atoms with Gasteiger partial charge >= 0.3 is 0 Å². The lowest BCUT2D eigenvalue weighted by molar-refractivity contribution is 0.315. The minimum atomic E-state index is 0.833. The van der Waals surface area contributed by atoms with Gasteiger partial charge in [-0.25, -0.2) is 0 Å². The Hall–Kier alpha value is -0.890. The summed E-state index contributed by atoms with van der Waals surface area (Å²) in [6.45, 7) is 3.20. The zero-order chi connectivity index (χ0) is 9.26. The van der Waals surface area contributed by atoms with Gasteiger partial charge in [-0.1, -0.05) is 0 Å². The highest BCUT2D eigenvalue weighted by atomic mass is 15.1. The van der Waals surface area contributed by atoms with Crippen LogP contribution in [0.4, 0.5) is 0 Å². The second kappa shape index (κ2) is 3.46. The van der Waals surface area contributed by atoms with Crippen LogP contribution in [0.25, 0.3) is 0 Å². The first-order valence-electron chi connectivity index (χ1n) is 4.87. The van der Waals surface area contributed by atoms with Gasteiger partial charge in [0, 0.05) is 25.0 Å². The van der Waals surface area contributed by atoms with Crippen LogP contribution in [0, 0.1) is 6.92 Å². The normalized spacial score (nSPS) is 16.5. The Kier molecular flexibility index (Phi) is 2.32. The lowest BCUT2D eigenvalue weighted by Gasteiger charge is -2.16. The summed E-state index contributed by atoms with van der Waals surface area (Å²) in [5.74, 6) is 0. The molecule has 0 aromatic carbocycles. The van der Waals surface area contributed by atoms with Gasteiger partial charge in [-0.2, -0.15) is 0 Å². The Morgan fingerprint density at radius 3 is 2.92 bits per heavy atom. The maximum absolute atomic E-state index is 4.15. The second-order valence-corrected chi connectivity index (χ2v) is 3.95. The summed E-state index contributed by atoms with van der Waals surface area (Å²) in [7, 11) is 2.20. The minimum absolute atomic E-state index is 0.833. The van der Waals surface area contributed by atoms with E-state index in [1.165, 1.54) is 24.0 Å². The van der Waals surface area contributed by atoms with Gasteiger partial charge in [-0.3, -0.25) is 9.88 Å². The van der Waals surface area contributed by atoms with Crippen LogP contribution in [-0.4, -0.2) is 23.0 Å². The Labute approximate surface area is 79.6 Å². The molecule has 70 valence electrons. The molecule has 0 radical (unpaired) electrons. The predicted octanol–water partition coefficient (Wildman–Crippen LogP) is 1.98. The fourth-order valence-electron chi connectivity index (χ4n) is 1.58. The van der Waals surface area contributed by atoms with E-state index < -0.39 is 0 Å². The fraction of sp³-hybridized carbons (Fsp3) is 0.545. The molecule has 1 fully saturated rings. The van der Waals surface area contributed by atoms with Gasteiger partial charge in [-0.15, -0.1) is 0 Å². The number of pyridine rings is 1. The van der Waals surface area contributed by atoms with Crippen molar-refractivity contribution in [2.24, 2.45) is 0 Å². The van der Waals surface area contributed by atoms with E-state index in [0.717, 1.165) is 12.6 Å². The number of aromatic nitrogens is 1. The van der Waals surface area contributed by atoms with Crippen molar-refractivity contribution in [2.45, 2.75) is 32.4 Å². The van der Waals surface area contributed by atoms with Crippen LogP contribution in [0.3, 0.4) is 0 Å². The summed E-state index contributed by atoms with van der Waals surface area (Å²) >= 11 is 0. The van der Waals surface area contributed by atoms with Crippen molar-refractivity contribution >= 4 is 0 Å². The van der Waals surface area contributed by atoms with Gasteiger partial charge in [0.2, 0.25) is 0 Å². The van der Waals surface area contributed by atoms with Gasteiger partial charge in [0.15, 0.2) is 0 Å². The molecule has 0 amide bonds. The van der Waals surface area contributed by atoms with E-state index in [9.17, 15) is 0 Å². The van der Waals surface area contributed by atoms with E-state index in [1.807, 2.05) is 12.4 Å². The van der Waals surface area contributed by atoms with Crippen LogP contribution < -0.4 is 0 Å². The molecular weight excluding hydrogens is 160 g/mol. The van der Waals surface area contributed by atoms with E-state index in [2.05, 4.69) is 29.9 Å². The molecule has 0 unspecified atom stereocenters. The molecule has 13 heavy (non-hydrogen) atoms. The minimum Gasteiger partial charge on any atom is -0.299 e. The molecular formula is C11H16N2. The zero-order valence-electron chi connectivity index (χ0n) is 8.33. The van der Waals surface area contributed by atoms with Crippen molar-refractivity contribution in [1.29, 1.82) is 0 Å². The van der Waals surface area contributed by atoms with E-state index in [-0.39, 0.29) is 0 Å². The van der Waals surface area contributed by atoms with E-state index >= 15 is 0 Å². The van der Waals surface area contributed by atoms with Gasteiger partial charge in [0.05, 0.1) is 0 Å². The largest absolute Gasteiger partial charge is 0.299 e. The maximum atomic E-state index is 4.15. The first-order valence-corrected chi connectivity index (χ1v) is 4.87. The van der Waals surface area contributed by atoms with E-state index in [4.69, 9.17) is 0 Å². The van der Waals surface area contributed by atoms with Gasteiger partial charge in [-0.05, 0) is 44.0 Å². The third-order valence-electron chi connectivity index (χ3n) is 2.74. The number of nitrogens with zero attached hydrogens (tertiary/aromatic N) is 2. The lowest BCUT2D eigenvalue weighted by Crippen LogP contribution is -2.20. The van der Waals surface area contributed by atoms with Crippen molar-refractivity contribution in [2.75, 3.05) is 7.05 Å². The Balaban J connectivity index is 2.03. The Morgan fingerprint density at radius 2 is 2.31 bits per heavy atom. The molecule has 2 heteroatoms. The highest BCUT2D eigenvalue weighted by Crippen LogP contribution is 2.26. The van der Waals surface area contributed by atoms with Gasteiger partial charge < -0.3 is 0 Å². The number of rotatable bonds is 3. The standard InChI is InChI=1S/C11H16N2/c1-9-5-6-12-7-10(9)8-13(2)11-3-4-11/h5-7,11H,3-4,8H2,1-2H3. The molecule has 0 saturated heterocycles. The van der Waals surface area contributed by atoms with Crippen molar-refractivity contribution in [3.8, 4) is 0 Å². The number of hydrogen-bond acceptors (Lipinski definition) is 2. The van der Waals surface area contributed by atoms with E-state index in [0.29, 0.717) is 0 Å². The molecule has 1 aliphatic carbocycles. The molecule has 2 rings (SSSR count). The highest BCUT2D eigenvalue weighted by Gasteiger charge is 2.25. The first-order chi connectivity index (χ1) is 6.27. The topological polar surface area (TPSA) is 16.1 Å². The van der Waals surface area contributed by atoms with Gasteiger partial charge in [0.25, 0.3) is 0 Å². The summed E-state index contributed by atoms with van der Waals surface area (Å²) in [6, 6.07) is 2.91. The molecule has 1 aromatic heterocycles. The number of aryl methyl sites for hydroxylation is 1. The average Bonchev–Trinajstić information content (AvgIpc) is 2.91. The molecule has 1 aliphatic rings. The Morgan fingerprint density at radius 1 is 1.54 bits per heavy atom. The summed E-state index contributed by atoms with van der Waals surface area (Å²) in [6.07, 6.45) is 6.58. The first kappa shape index (κ1) is 8.70. The lowest BCUT2D eigenvalue weighted by atomic mass is 10.1. The zero-order valence-corrected chi connectivity index (χ0v) is 8.33. The van der Waals surface area contributed by atoms with Gasteiger partial charge in [0.1, 0.15) is 0 Å². The van der Waals surface area contributed by atoms with Crippen molar-refractivity contribution < 1.29 is 0 Å². The second-order valence-electron chi connectivity index (χ2n) is 3.95. The van der Waals surface area contributed by atoms with Crippen LogP contribution in [0.2, 0.25) is 0 Å². The molecule has 1 saturated carbocycles. The van der Waals surface area contributed by atoms with Crippen LogP contribution in [0.5, 0.6) is 0 Å². The van der Waals surface area contributed by atoms with Crippen molar-refractivity contribution in [3.05, 3.63) is 29.6 Å². The Bertz CT molecular complexity index is 292. The molecule has 1 aromatic rings. The fourth-order valence-corrected chi connectivity index (χ4v) is 1.58. The third kappa shape index (κ3) is 2.07. The SMILES string of the molecule is Cc1ccncc1CN(C)C1CC1. The van der Waals surface area contributed by atoms with Crippen LogP contribution in [0.1, 0.15) is 24.0 Å². The predicted molar refractivity (Wildman–Crippen MR) is 53.5 cm³/mol. The smallest absolute Gasteiger partial charge is 0.0315 e. The third-order valence-corrected chi connectivity index (χ3v) is 2.74. The van der Waals surface area contributed by atoms with E-state index in [1.54, 1.807) is 0 Å². The van der Waals surface area contributed by atoms with Crippen molar-refractivity contribution in [3.63, 3.8) is 0 Å². The molecule has 0 aliphatic heterocycles. The number of hydrogen-bond donors (Lipinski definition) is 0. The molecule has 0 bridgehead atoms. The summed E-state index contributed by atoms with van der Waals surface area (Å²) in [5.41, 5.74) is 2.71. The van der Waals surface area contributed by atoms with Crippen LogP contribution >= 0.6 is 0 Å². The maximum Gasteiger partial charge on any atom is 0.0315 e. The molecule has 0 spiro atoms. The summed E-state index contributed by atoms with van der Waals surface area (Å²) < 4.78 is 0. The molecule has 0 atom stereocenters. The van der Waals surface area contributed by atoms with Crippen LogP contribution in [-0.2, 0) is 6.54 Å². The molecule has 0 N–H and O–H groups in total. The molecule has 1 heterocycles. The van der Waals surface area contributed by atoms with Crippen LogP contribution in [0.15, 0.2) is 18.5 Å². The summed E-state index contributed by atoms with van der Waals surface area (Å²) in [4.78, 5) is 6.57. The van der Waals surface area contributed by atoms with Crippen molar-refractivity contribution in [1.82, 2.24) is 9.88 Å². The summed E-state index contributed by atoms with van der Waals surface area (Å²) in [5, 5.41) is 0. The highest BCUT2D eigenvalue weighted by molar-refractivity contribution is 5.21. The molecule has 2 nitrogen and oxygen atoms in total. The average molecular weight is 176 g/mol. The monoisotopic (exact) mass is 176 g/mol.